The van der Waals surface area contributed by atoms with Crippen molar-refractivity contribution >= 4 is 5.97 Å². The number of alkyl halides is 3. The van der Waals surface area contributed by atoms with Gasteiger partial charge >= 0.3 is 12.1 Å². The molecule has 1 aromatic heterocycles. The number of aromatic nitrogens is 2. The maximum atomic E-state index is 12.9. The van der Waals surface area contributed by atoms with Gasteiger partial charge in [-0.15, -0.1) is 0 Å². The molecule has 0 fully saturated rings. The third-order valence-corrected chi connectivity index (χ3v) is 2.81. The molecular weight excluding hydrogens is 285 g/mol. The lowest BCUT2D eigenvalue weighted by Gasteiger charge is -2.18. The fraction of sp³-hybridized carbons (Fsp3) is 0.214. The van der Waals surface area contributed by atoms with Gasteiger partial charge in [0.15, 0.2) is 0 Å². The van der Waals surface area contributed by atoms with Gasteiger partial charge in [-0.1, -0.05) is 18.2 Å². The Kier molecular flexibility index (Phi) is 4.21. The first-order chi connectivity index (χ1) is 9.89. The third kappa shape index (κ3) is 3.56. The van der Waals surface area contributed by atoms with Crippen LogP contribution in [0.1, 0.15) is 34.5 Å². The van der Waals surface area contributed by atoms with E-state index in [1.165, 1.54) is 43.6 Å². The Bertz CT molecular complexity index is 630. The molecule has 2 aromatic rings. The van der Waals surface area contributed by atoms with E-state index >= 15 is 0 Å². The van der Waals surface area contributed by atoms with E-state index in [9.17, 15) is 18.0 Å². The number of benzene rings is 1. The monoisotopic (exact) mass is 296 g/mol. The van der Waals surface area contributed by atoms with Crippen molar-refractivity contribution in [1.82, 2.24) is 10.2 Å². The van der Waals surface area contributed by atoms with Gasteiger partial charge in [-0.3, -0.25) is 0 Å². The lowest BCUT2D eigenvalue weighted by Crippen LogP contribution is -2.15. The fourth-order valence-corrected chi connectivity index (χ4v) is 1.81. The third-order valence-electron chi connectivity index (χ3n) is 2.81. The van der Waals surface area contributed by atoms with Crippen LogP contribution in [0.3, 0.4) is 0 Å². The van der Waals surface area contributed by atoms with Crippen LogP contribution in [0.25, 0.3) is 0 Å². The van der Waals surface area contributed by atoms with Crippen molar-refractivity contribution in [2.75, 3.05) is 0 Å². The first-order valence-electron chi connectivity index (χ1n) is 6.03. The first-order valence-corrected chi connectivity index (χ1v) is 6.03. The minimum Gasteiger partial charge on any atom is -0.454 e. The summed E-state index contributed by atoms with van der Waals surface area (Å²) in [7, 11) is 0. The molecule has 1 heterocycles. The molecule has 1 aromatic carbocycles. The summed E-state index contributed by atoms with van der Waals surface area (Å²) in [6, 6.07) is 6.35. The Morgan fingerprint density at radius 1 is 1.19 bits per heavy atom. The summed E-state index contributed by atoms with van der Waals surface area (Å²) < 4.78 is 43.8. The van der Waals surface area contributed by atoms with Crippen LogP contribution >= 0.6 is 0 Å². The predicted octanol–water partition coefficient (Wildman–Crippen LogP) is 3.41. The zero-order valence-electron chi connectivity index (χ0n) is 11.0. The molecule has 0 bridgehead atoms. The molecule has 0 unspecified atom stereocenters. The molecular formula is C14H11F3N2O2. The average Bonchev–Trinajstić information content (AvgIpc) is 2.47. The summed E-state index contributed by atoms with van der Waals surface area (Å²) in [5, 5.41) is 7.02. The van der Waals surface area contributed by atoms with Gasteiger partial charge in [-0.05, 0) is 19.1 Å². The van der Waals surface area contributed by atoms with Crippen LogP contribution in [0, 0.1) is 0 Å². The van der Waals surface area contributed by atoms with Crippen LogP contribution in [0.5, 0.6) is 0 Å². The second-order valence-corrected chi connectivity index (χ2v) is 4.26. The Hall–Kier alpha value is -2.44. The van der Waals surface area contributed by atoms with Gasteiger partial charge in [0.25, 0.3) is 0 Å². The molecule has 0 saturated heterocycles. The molecule has 0 aliphatic carbocycles. The Labute approximate surface area is 118 Å². The number of carbonyl (C=O) groups excluding carboxylic acids is 1. The van der Waals surface area contributed by atoms with Crippen molar-refractivity contribution in [3.63, 3.8) is 0 Å². The van der Waals surface area contributed by atoms with E-state index in [1.54, 1.807) is 0 Å². The van der Waals surface area contributed by atoms with Gasteiger partial charge in [0.1, 0.15) is 6.10 Å². The standard InChI is InChI=1S/C14H11F3N2O2/c1-9(21-13(20)10-6-7-18-19-8-10)11-4-2-3-5-12(11)14(15,16)17/h2-9H,1H3/t9-/m1/s1. The maximum absolute atomic E-state index is 12.9. The van der Waals surface area contributed by atoms with Crippen LogP contribution in [-0.2, 0) is 10.9 Å². The molecule has 0 spiro atoms. The number of carbonyl (C=O) groups is 1. The number of esters is 1. The summed E-state index contributed by atoms with van der Waals surface area (Å²) in [5.74, 6) is -0.755. The largest absolute Gasteiger partial charge is 0.454 e. The van der Waals surface area contributed by atoms with E-state index in [1.807, 2.05) is 0 Å². The van der Waals surface area contributed by atoms with Crippen molar-refractivity contribution in [2.45, 2.75) is 19.2 Å². The molecule has 0 radical (unpaired) electrons. The van der Waals surface area contributed by atoms with E-state index in [0.717, 1.165) is 6.07 Å². The zero-order chi connectivity index (χ0) is 15.5. The van der Waals surface area contributed by atoms with E-state index in [4.69, 9.17) is 4.74 Å². The zero-order valence-corrected chi connectivity index (χ0v) is 11.0. The van der Waals surface area contributed by atoms with Crippen molar-refractivity contribution < 1.29 is 22.7 Å². The van der Waals surface area contributed by atoms with Crippen LogP contribution in [0.2, 0.25) is 0 Å². The second kappa shape index (κ2) is 5.90. The maximum Gasteiger partial charge on any atom is 0.416 e. The van der Waals surface area contributed by atoms with E-state index in [2.05, 4.69) is 10.2 Å². The highest BCUT2D eigenvalue weighted by molar-refractivity contribution is 5.89. The van der Waals surface area contributed by atoms with Crippen LogP contribution in [0.15, 0.2) is 42.7 Å². The molecule has 110 valence electrons. The van der Waals surface area contributed by atoms with Crippen molar-refractivity contribution in [1.29, 1.82) is 0 Å². The van der Waals surface area contributed by atoms with Gasteiger partial charge in [-0.2, -0.15) is 23.4 Å². The van der Waals surface area contributed by atoms with Gasteiger partial charge in [-0.25, -0.2) is 4.79 Å². The molecule has 0 aliphatic rings. The highest BCUT2D eigenvalue weighted by Gasteiger charge is 2.34. The van der Waals surface area contributed by atoms with E-state index in [-0.39, 0.29) is 11.1 Å². The highest BCUT2D eigenvalue weighted by atomic mass is 19.4. The molecule has 4 nitrogen and oxygen atoms in total. The summed E-state index contributed by atoms with van der Waals surface area (Å²) in [4.78, 5) is 11.8. The number of hydrogen-bond acceptors (Lipinski definition) is 4. The van der Waals surface area contributed by atoms with Gasteiger partial charge in [0, 0.05) is 5.56 Å². The second-order valence-electron chi connectivity index (χ2n) is 4.26. The highest BCUT2D eigenvalue weighted by Crippen LogP contribution is 2.35. The van der Waals surface area contributed by atoms with Crippen molar-refractivity contribution in [3.05, 3.63) is 59.4 Å². The van der Waals surface area contributed by atoms with Crippen LogP contribution < -0.4 is 0 Å². The van der Waals surface area contributed by atoms with E-state index in [0.29, 0.717) is 0 Å². The summed E-state index contributed by atoms with van der Waals surface area (Å²) in [6.45, 7) is 1.39. The van der Waals surface area contributed by atoms with Gasteiger partial charge < -0.3 is 4.74 Å². The van der Waals surface area contributed by atoms with Crippen molar-refractivity contribution in [3.8, 4) is 0 Å². The molecule has 0 amide bonds. The number of ether oxygens (including phenoxy) is 1. The molecule has 0 N–H and O–H groups in total. The number of nitrogens with zero attached hydrogens (tertiary/aromatic N) is 2. The van der Waals surface area contributed by atoms with Gasteiger partial charge in [0.2, 0.25) is 0 Å². The number of halogens is 3. The molecule has 7 heteroatoms. The summed E-state index contributed by atoms with van der Waals surface area (Å²) >= 11 is 0. The SMILES string of the molecule is C[C@@H](OC(=O)c1ccnnc1)c1ccccc1C(F)(F)F. The fourth-order valence-electron chi connectivity index (χ4n) is 1.81. The molecule has 21 heavy (non-hydrogen) atoms. The van der Waals surface area contributed by atoms with E-state index < -0.39 is 23.8 Å². The smallest absolute Gasteiger partial charge is 0.416 e. The molecule has 0 aliphatic heterocycles. The average molecular weight is 296 g/mol. The Balaban J connectivity index is 2.22. The predicted molar refractivity (Wildman–Crippen MR) is 67.3 cm³/mol. The number of hydrogen-bond donors (Lipinski definition) is 0. The van der Waals surface area contributed by atoms with Gasteiger partial charge in [0.05, 0.1) is 23.5 Å². The Morgan fingerprint density at radius 3 is 2.52 bits per heavy atom. The van der Waals surface area contributed by atoms with Crippen LogP contribution in [-0.4, -0.2) is 16.2 Å². The minimum atomic E-state index is -4.50. The lowest BCUT2D eigenvalue weighted by molar-refractivity contribution is -0.139. The lowest BCUT2D eigenvalue weighted by atomic mass is 10.0. The number of rotatable bonds is 3. The minimum absolute atomic E-state index is 0.0969. The Morgan fingerprint density at radius 2 is 1.90 bits per heavy atom. The molecule has 2 rings (SSSR count). The molecule has 1 atom stereocenters. The normalized spacial score (nSPS) is 12.8. The molecule has 0 saturated carbocycles. The summed E-state index contributed by atoms with van der Waals surface area (Å²) in [6.07, 6.45) is -3.06. The van der Waals surface area contributed by atoms with Crippen molar-refractivity contribution in [2.24, 2.45) is 0 Å². The quantitative estimate of drug-likeness (QED) is 0.814. The summed E-state index contributed by atoms with van der Waals surface area (Å²) in [5.41, 5.74) is -0.792. The van der Waals surface area contributed by atoms with Crippen LogP contribution in [0.4, 0.5) is 13.2 Å². The first kappa shape index (κ1) is 15.0. The topological polar surface area (TPSA) is 52.1 Å².